The van der Waals surface area contributed by atoms with Crippen LogP contribution in [0, 0.1) is 11.3 Å². The summed E-state index contributed by atoms with van der Waals surface area (Å²) in [6, 6.07) is 6.02. The number of pyridine rings is 1. The van der Waals surface area contributed by atoms with E-state index in [1.165, 1.54) is 5.56 Å². The lowest BCUT2D eigenvalue weighted by atomic mass is 10.1. The Morgan fingerprint density at radius 2 is 2.21 bits per heavy atom. The summed E-state index contributed by atoms with van der Waals surface area (Å²) in [7, 11) is 0. The van der Waals surface area contributed by atoms with Crippen LogP contribution in [0.2, 0.25) is 0 Å². The van der Waals surface area contributed by atoms with Crippen LogP contribution in [0.3, 0.4) is 0 Å². The topological polar surface area (TPSA) is 45.9 Å². The number of hydrogen-bond donors (Lipinski definition) is 0. The van der Waals surface area contributed by atoms with Gasteiger partial charge in [0.25, 0.3) is 0 Å². The van der Waals surface area contributed by atoms with Crippen molar-refractivity contribution in [3.05, 3.63) is 30.1 Å². The summed E-state index contributed by atoms with van der Waals surface area (Å²) in [5.41, 5.74) is 1.26. The lowest BCUT2D eigenvalue weighted by Crippen LogP contribution is -2.06. The summed E-state index contributed by atoms with van der Waals surface area (Å²) in [4.78, 5) is 3.94. The van der Waals surface area contributed by atoms with Crippen molar-refractivity contribution in [2.24, 2.45) is 0 Å². The van der Waals surface area contributed by atoms with Crippen LogP contribution in [0.15, 0.2) is 24.5 Å². The minimum absolute atomic E-state index is 0.299. The molecule has 0 aliphatic rings. The fourth-order valence-corrected chi connectivity index (χ4v) is 1.12. The van der Waals surface area contributed by atoms with E-state index in [2.05, 4.69) is 4.98 Å². The van der Waals surface area contributed by atoms with Gasteiger partial charge >= 0.3 is 0 Å². The number of aromatic nitrogens is 1. The van der Waals surface area contributed by atoms with E-state index < -0.39 is 0 Å². The molecule has 1 unspecified atom stereocenters. The fraction of sp³-hybridized carbons (Fsp3) is 0.455. The molecule has 0 radical (unpaired) electrons. The zero-order valence-electron chi connectivity index (χ0n) is 8.31. The fourth-order valence-electron chi connectivity index (χ4n) is 1.12. The third-order valence-corrected chi connectivity index (χ3v) is 1.91. The number of nitrogens with zero attached hydrogens (tertiary/aromatic N) is 2. The average Bonchev–Trinajstić information content (AvgIpc) is 2.25. The summed E-state index contributed by atoms with van der Waals surface area (Å²) in [6.45, 7) is 2.39. The monoisotopic (exact) mass is 190 g/mol. The van der Waals surface area contributed by atoms with Crippen LogP contribution >= 0.6 is 0 Å². The second-order valence-electron chi connectivity index (χ2n) is 3.10. The molecule has 74 valence electrons. The summed E-state index contributed by atoms with van der Waals surface area (Å²) in [5, 5.41) is 8.47. The largest absolute Gasteiger partial charge is 0.364 e. The third-order valence-electron chi connectivity index (χ3n) is 1.91. The molecule has 1 aromatic heterocycles. The molecule has 0 aliphatic heterocycles. The predicted octanol–water partition coefficient (Wildman–Crippen LogP) is 1.94. The van der Waals surface area contributed by atoms with Gasteiger partial charge in [-0.1, -0.05) is 0 Å². The van der Waals surface area contributed by atoms with E-state index >= 15 is 0 Å². The summed E-state index contributed by atoms with van der Waals surface area (Å²) < 4.78 is 5.24. The molecular weight excluding hydrogens is 176 g/mol. The molecule has 1 aromatic rings. The molecule has 1 atom stereocenters. The van der Waals surface area contributed by atoms with Crippen molar-refractivity contribution in [3.63, 3.8) is 0 Å². The Morgan fingerprint density at radius 1 is 1.50 bits per heavy atom. The Kier molecular flexibility index (Phi) is 4.66. The Morgan fingerprint density at radius 3 is 2.86 bits per heavy atom. The van der Waals surface area contributed by atoms with Crippen LogP contribution in [0.5, 0.6) is 0 Å². The number of rotatable bonds is 5. The zero-order valence-corrected chi connectivity index (χ0v) is 8.31. The molecule has 3 heteroatoms. The van der Waals surface area contributed by atoms with E-state index in [-0.39, 0.29) is 6.10 Å². The van der Waals surface area contributed by atoms with Crippen LogP contribution in [0.25, 0.3) is 0 Å². The molecular formula is C11H14N2O. The van der Waals surface area contributed by atoms with E-state index in [0.29, 0.717) is 6.61 Å². The van der Waals surface area contributed by atoms with Crippen molar-refractivity contribution in [1.82, 2.24) is 4.98 Å². The van der Waals surface area contributed by atoms with Crippen LogP contribution in [-0.4, -0.2) is 17.7 Å². The normalized spacial score (nSPS) is 12.0. The van der Waals surface area contributed by atoms with Gasteiger partial charge in [-0.05, 0) is 37.5 Å². The van der Waals surface area contributed by atoms with Crippen molar-refractivity contribution in [2.45, 2.75) is 25.9 Å². The van der Waals surface area contributed by atoms with Gasteiger partial charge in [0.1, 0.15) is 6.10 Å². The first-order chi connectivity index (χ1) is 6.83. The molecule has 0 fully saturated rings. The minimum atomic E-state index is -0.299. The Labute approximate surface area is 84.3 Å². The van der Waals surface area contributed by atoms with Gasteiger partial charge in [-0.25, -0.2) is 0 Å². The first-order valence-corrected chi connectivity index (χ1v) is 4.73. The van der Waals surface area contributed by atoms with E-state index in [1.54, 1.807) is 19.3 Å². The van der Waals surface area contributed by atoms with Gasteiger partial charge in [-0.2, -0.15) is 5.26 Å². The molecule has 0 aromatic carbocycles. The molecule has 0 spiro atoms. The molecule has 0 aliphatic carbocycles. The molecule has 0 saturated heterocycles. The molecule has 14 heavy (non-hydrogen) atoms. The van der Waals surface area contributed by atoms with E-state index in [1.807, 2.05) is 18.2 Å². The average molecular weight is 190 g/mol. The van der Waals surface area contributed by atoms with Crippen LogP contribution in [0.4, 0.5) is 0 Å². The van der Waals surface area contributed by atoms with Gasteiger partial charge in [0.15, 0.2) is 0 Å². The SMILES string of the molecule is CC(C#N)OCCCc1ccncc1. The highest BCUT2D eigenvalue weighted by Gasteiger charge is 1.98. The summed E-state index contributed by atoms with van der Waals surface area (Å²) >= 11 is 0. The van der Waals surface area contributed by atoms with E-state index in [9.17, 15) is 0 Å². The highest BCUT2D eigenvalue weighted by molar-refractivity contribution is 5.09. The number of hydrogen-bond acceptors (Lipinski definition) is 3. The summed E-state index contributed by atoms with van der Waals surface area (Å²) in [6.07, 6.45) is 5.19. The smallest absolute Gasteiger partial charge is 0.141 e. The van der Waals surface area contributed by atoms with Crippen molar-refractivity contribution in [3.8, 4) is 6.07 Å². The Hall–Kier alpha value is -1.40. The van der Waals surface area contributed by atoms with Crippen LogP contribution in [0.1, 0.15) is 18.9 Å². The number of ether oxygens (including phenoxy) is 1. The first-order valence-electron chi connectivity index (χ1n) is 4.73. The lowest BCUT2D eigenvalue weighted by molar-refractivity contribution is 0.100. The molecule has 0 amide bonds. The van der Waals surface area contributed by atoms with Gasteiger partial charge in [0.05, 0.1) is 6.07 Å². The molecule has 1 heterocycles. The zero-order chi connectivity index (χ0) is 10.2. The molecule has 3 nitrogen and oxygen atoms in total. The maximum atomic E-state index is 8.47. The number of nitriles is 1. The minimum Gasteiger partial charge on any atom is -0.364 e. The molecule has 0 saturated carbocycles. The Bertz CT molecular complexity index is 292. The molecule has 0 bridgehead atoms. The third kappa shape index (κ3) is 4.01. The van der Waals surface area contributed by atoms with Crippen molar-refractivity contribution in [1.29, 1.82) is 5.26 Å². The van der Waals surface area contributed by atoms with Gasteiger partial charge in [0.2, 0.25) is 0 Å². The second-order valence-corrected chi connectivity index (χ2v) is 3.10. The first kappa shape index (κ1) is 10.7. The quantitative estimate of drug-likeness (QED) is 0.666. The van der Waals surface area contributed by atoms with Crippen LogP contribution < -0.4 is 0 Å². The van der Waals surface area contributed by atoms with Gasteiger partial charge in [0, 0.05) is 19.0 Å². The van der Waals surface area contributed by atoms with E-state index in [4.69, 9.17) is 10.00 Å². The molecule has 0 N–H and O–H groups in total. The second kappa shape index (κ2) is 6.11. The van der Waals surface area contributed by atoms with Crippen molar-refractivity contribution >= 4 is 0 Å². The summed E-state index contributed by atoms with van der Waals surface area (Å²) in [5.74, 6) is 0. The number of aryl methyl sites for hydroxylation is 1. The van der Waals surface area contributed by atoms with Gasteiger partial charge in [-0.3, -0.25) is 4.98 Å². The highest BCUT2D eigenvalue weighted by atomic mass is 16.5. The van der Waals surface area contributed by atoms with Crippen molar-refractivity contribution in [2.75, 3.05) is 6.61 Å². The highest BCUT2D eigenvalue weighted by Crippen LogP contribution is 2.01. The van der Waals surface area contributed by atoms with Crippen molar-refractivity contribution < 1.29 is 4.74 Å². The Balaban J connectivity index is 2.14. The van der Waals surface area contributed by atoms with Gasteiger partial charge in [-0.15, -0.1) is 0 Å². The van der Waals surface area contributed by atoms with E-state index in [0.717, 1.165) is 12.8 Å². The predicted molar refractivity (Wildman–Crippen MR) is 53.6 cm³/mol. The van der Waals surface area contributed by atoms with Crippen LogP contribution in [-0.2, 0) is 11.2 Å². The maximum absolute atomic E-state index is 8.47. The molecule has 1 rings (SSSR count). The lowest BCUT2D eigenvalue weighted by Gasteiger charge is -2.04. The van der Waals surface area contributed by atoms with Gasteiger partial charge < -0.3 is 4.74 Å². The maximum Gasteiger partial charge on any atom is 0.141 e. The standard InChI is InChI=1S/C11H14N2O/c1-10(9-12)14-8-2-3-11-4-6-13-7-5-11/h4-7,10H,2-3,8H2,1H3.